The first-order valence-corrected chi connectivity index (χ1v) is 7.05. The van der Waals surface area contributed by atoms with Crippen molar-refractivity contribution in [2.24, 2.45) is 0 Å². The van der Waals surface area contributed by atoms with Crippen molar-refractivity contribution in [1.29, 1.82) is 0 Å². The molecule has 0 saturated carbocycles. The highest BCUT2D eigenvalue weighted by Crippen LogP contribution is 2.31. The zero-order valence-electron chi connectivity index (χ0n) is 11.5. The van der Waals surface area contributed by atoms with Crippen LogP contribution in [0.5, 0.6) is 0 Å². The summed E-state index contributed by atoms with van der Waals surface area (Å²) in [6.07, 6.45) is 5.05. The molecule has 0 aromatic carbocycles. The maximum absolute atomic E-state index is 11.2. The molecule has 1 amide bonds. The first-order chi connectivity index (χ1) is 10.3. The Morgan fingerprint density at radius 3 is 2.90 bits per heavy atom. The first-order valence-electron chi connectivity index (χ1n) is 7.05. The number of carbonyl (C=O) groups is 1. The lowest BCUT2D eigenvalue weighted by Gasteiger charge is -2.44. The summed E-state index contributed by atoms with van der Waals surface area (Å²) < 4.78 is 5.79. The minimum Gasteiger partial charge on any atom is -0.363 e. The lowest BCUT2D eigenvalue weighted by Crippen LogP contribution is -2.57. The Kier molecular flexibility index (Phi) is 2.78. The summed E-state index contributed by atoms with van der Waals surface area (Å²) in [6, 6.07) is 0. The first kappa shape index (κ1) is 12.5. The van der Waals surface area contributed by atoms with Gasteiger partial charge in [-0.25, -0.2) is 9.97 Å². The predicted octanol–water partition coefficient (Wildman–Crippen LogP) is -0.162. The van der Waals surface area contributed by atoms with Crippen molar-refractivity contribution in [1.82, 2.24) is 25.5 Å². The molecule has 1 spiro atoms. The minimum atomic E-state index is -0.215. The average molecular weight is 288 g/mol. The van der Waals surface area contributed by atoms with Crippen LogP contribution in [0, 0.1) is 0 Å². The number of morpholine rings is 1. The van der Waals surface area contributed by atoms with E-state index in [0.29, 0.717) is 6.54 Å². The molecule has 110 valence electrons. The second kappa shape index (κ2) is 4.66. The standard InChI is InChI=1S/C13H16N6O2/c20-10-6-21-13(7-14-10)1-3-19(4-2-13)12-9-5-17-18-11(9)15-8-16-12/h5,8H,1-4,6-7H2,(H,14,20)(H,15,16,17,18). The molecule has 2 aliphatic rings. The van der Waals surface area contributed by atoms with Crippen molar-refractivity contribution in [3.05, 3.63) is 12.5 Å². The summed E-state index contributed by atoms with van der Waals surface area (Å²) in [4.78, 5) is 22.0. The monoisotopic (exact) mass is 288 g/mol. The van der Waals surface area contributed by atoms with E-state index in [9.17, 15) is 4.79 Å². The number of anilines is 1. The zero-order valence-corrected chi connectivity index (χ0v) is 11.5. The van der Waals surface area contributed by atoms with Crippen molar-refractivity contribution in [3.63, 3.8) is 0 Å². The number of aromatic nitrogens is 4. The summed E-state index contributed by atoms with van der Waals surface area (Å²) in [5.74, 6) is 0.877. The molecule has 0 unspecified atom stereocenters. The summed E-state index contributed by atoms with van der Waals surface area (Å²) >= 11 is 0. The van der Waals surface area contributed by atoms with Gasteiger partial charge in [-0.15, -0.1) is 0 Å². The Bertz CT molecular complexity index is 664. The number of fused-ring (bicyclic) bond motifs is 1. The molecule has 0 radical (unpaired) electrons. The topological polar surface area (TPSA) is 96.0 Å². The van der Waals surface area contributed by atoms with Crippen molar-refractivity contribution < 1.29 is 9.53 Å². The molecule has 0 atom stereocenters. The van der Waals surface area contributed by atoms with Gasteiger partial charge in [0, 0.05) is 19.6 Å². The molecule has 0 aliphatic carbocycles. The molecule has 8 heteroatoms. The smallest absolute Gasteiger partial charge is 0.246 e. The molecule has 2 aliphatic heterocycles. The summed E-state index contributed by atoms with van der Waals surface area (Å²) in [6.45, 7) is 2.45. The van der Waals surface area contributed by atoms with Gasteiger partial charge in [-0.1, -0.05) is 0 Å². The maximum atomic E-state index is 11.2. The zero-order chi connectivity index (χ0) is 14.3. The third kappa shape index (κ3) is 2.11. The maximum Gasteiger partial charge on any atom is 0.246 e. The van der Waals surface area contributed by atoms with Crippen molar-refractivity contribution >= 4 is 22.8 Å². The average Bonchev–Trinajstić information content (AvgIpc) is 3.00. The van der Waals surface area contributed by atoms with Gasteiger partial charge in [0.25, 0.3) is 0 Å². The van der Waals surface area contributed by atoms with Gasteiger partial charge < -0.3 is 15.0 Å². The van der Waals surface area contributed by atoms with Crippen molar-refractivity contribution in [3.8, 4) is 0 Å². The fourth-order valence-corrected chi connectivity index (χ4v) is 3.03. The quantitative estimate of drug-likeness (QED) is 0.757. The molecule has 2 aromatic rings. The Morgan fingerprint density at radius 1 is 1.29 bits per heavy atom. The molecule has 8 nitrogen and oxygen atoms in total. The second-order valence-electron chi connectivity index (χ2n) is 5.57. The predicted molar refractivity (Wildman–Crippen MR) is 74.8 cm³/mol. The normalized spacial score (nSPS) is 21.7. The molecular weight excluding hydrogens is 272 g/mol. The van der Waals surface area contributed by atoms with Crippen molar-refractivity contribution in [2.75, 3.05) is 31.1 Å². The highest BCUT2D eigenvalue weighted by molar-refractivity contribution is 5.86. The highest BCUT2D eigenvalue weighted by atomic mass is 16.5. The van der Waals surface area contributed by atoms with Crippen LogP contribution in [0.3, 0.4) is 0 Å². The van der Waals surface area contributed by atoms with Gasteiger partial charge in [0.15, 0.2) is 5.65 Å². The third-order valence-corrected chi connectivity index (χ3v) is 4.32. The van der Waals surface area contributed by atoms with Crippen LogP contribution in [0.15, 0.2) is 12.5 Å². The van der Waals surface area contributed by atoms with Crippen LogP contribution in [0.25, 0.3) is 11.0 Å². The summed E-state index contributed by atoms with van der Waals surface area (Å²) in [5.41, 5.74) is 0.536. The van der Waals surface area contributed by atoms with Gasteiger partial charge in [-0.05, 0) is 12.8 Å². The number of H-pyrrole nitrogens is 1. The van der Waals surface area contributed by atoms with Gasteiger partial charge in [0.1, 0.15) is 18.8 Å². The van der Waals surface area contributed by atoms with Crippen molar-refractivity contribution in [2.45, 2.75) is 18.4 Å². The molecule has 21 heavy (non-hydrogen) atoms. The SMILES string of the molecule is O=C1COC2(CCN(c3ncnc4[nH]ncc34)CC2)CN1. The Labute approximate surface area is 120 Å². The molecule has 2 fully saturated rings. The molecular formula is C13H16N6O2. The third-order valence-electron chi connectivity index (χ3n) is 4.32. The van der Waals surface area contributed by atoms with E-state index in [1.165, 1.54) is 0 Å². The van der Waals surface area contributed by atoms with E-state index in [2.05, 4.69) is 30.4 Å². The highest BCUT2D eigenvalue weighted by Gasteiger charge is 2.39. The molecule has 2 saturated heterocycles. The van der Waals surface area contributed by atoms with E-state index in [0.717, 1.165) is 42.8 Å². The fraction of sp³-hybridized carbons (Fsp3) is 0.538. The van der Waals surface area contributed by atoms with Crippen LogP contribution in [0.1, 0.15) is 12.8 Å². The van der Waals surface area contributed by atoms with E-state index >= 15 is 0 Å². The number of rotatable bonds is 1. The number of carbonyl (C=O) groups excluding carboxylic acids is 1. The summed E-state index contributed by atoms with van der Waals surface area (Å²) in [7, 11) is 0. The van der Waals surface area contributed by atoms with E-state index in [1.54, 1.807) is 12.5 Å². The largest absolute Gasteiger partial charge is 0.363 e. The molecule has 4 heterocycles. The number of hydrogen-bond acceptors (Lipinski definition) is 6. The van der Waals surface area contributed by atoms with Gasteiger partial charge in [0.05, 0.1) is 17.2 Å². The van der Waals surface area contributed by atoms with E-state index < -0.39 is 0 Å². The number of ether oxygens (including phenoxy) is 1. The van der Waals surface area contributed by atoms with Gasteiger partial charge in [0.2, 0.25) is 5.91 Å². The van der Waals surface area contributed by atoms with Crippen LogP contribution in [0.2, 0.25) is 0 Å². The van der Waals surface area contributed by atoms with E-state index in [-0.39, 0.29) is 18.1 Å². The Hall–Kier alpha value is -2.22. The van der Waals surface area contributed by atoms with E-state index in [1.807, 2.05) is 0 Å². The van der Waals surface area contributed by atoms with Crippen LogP contribution < -0.4 is 10.2 Å². The number of aromatic amines is 1. The van der Waals surface area contributed by atoms with Crippen LogP contribution >= 0.6 is 0 Å². The molecule has 2 aromatic heterocycles. The number of piperidine rings is 1. The number of nitrogens with zero attached hydrogens (tertiary/aromatic N) is 4. The molecule has 2 N–H and O–H groups in total. The van der Waals surface area contributed by atoms with E-state index in [4.69, 9.17) is 4.74 Å². The number of nitrogens with one attached hydrogen (secondary N) is 2. The second-order valence-corrected chi connectivity index (χ2v) is 5.57. The van der Waals surface area contributed by atoms with Gasteiger partial charge in [-0.2, -0.15) is 5.10 Å². The lowest BCUT2D eigenvalue weighted by molar-refractivity contribution is -0.146. The minimum absolute atomic E-state index is 0.0287. The molecule has 4 rings (SSSR count). The van der Waals surface area contributed by atoms with Crippen LogP contribution in [-0.2, 0) is 9.53 Å². The Balaban J connectivity index is 1.52. The number of hydrogen-bond donors (Lipinski definition) is 2. The molecule has 0 bridgehead atoms. The van der Waals surface area contributed by atoms with Gasteiger partial charge >= 0.3 is 0 Å². The lowest BCUT2D eigenvalue weighted by atomic mass is 9.90. The Morgan fingerprint density at radius 2 is 2.14 bits per heavy atom. The van der Waals surface area contributed by atoms with Gasteiger partial charge in [-0.3, -0.25) is 9.89 Å². The fourth-order valence-electron chi connectivity index (χ4n) is 3.03. The number of amides is 1. The van der Waals surface area contributed by atoms with Crippen LogP contribution in [0.4, 0.5) is 5.82 Å². The summed E-state index contributed by atoms with van der Waals surface area (Å²) in [5, 5.41) is 10.7. The van der Waals surface area contributed by atoms with Crippen LogP contribution in [-0.4, -0.2) is 57.9 Å².